The SMILES string of the molecule is BC#CC#CC#CC#CC#CC#CC#CC#CC#CC. The van der Waals surface area contributed by atoms with Crippen LogP contribution in [0.2, 0.25) is 0 Å². The molecule has 0 atom stereocenters. The molecule has 20 heavy (non-hydrogen) atoms. The van der Waals surface area contributed by atoms with E-state index in [4.69, 9.17) is 0 Å². The zero-order chi connectivity index (χ0) is 14.7. The van der Waals surface area contributed by atoms with Crippen LogP contribution in [0.4, 0.5) is 0 Å². The molecule has 0 saturated heterocycles. The second kappa shape index (κ2) is 15.1. The van der Waals surface area contributed by atoms with Crippen LogP contribution in [0.25, 0.3) is 0 Å². The molecule has 0 unspecified atom stereocenters. The van der Waals surface area contributed by atoms with Gasteiger partial charge in [0.1, 0.15) is 0 Å². The second-order valence-corrected chi connectivity index (χ2v) is 2.50. The third-order valence-electron chi connectivity index (χ3n) is 1.19. The first-order valence-electron chi connectivity index (χ1n) is 5.25. The van der Waals surface area contributed by atoms with Gasteiger partial charge < -0.3 is 0 Å². The predicted octanol–water partition coefficient (Wildman–Crippen LogP) is -0.373. The molecule has 0 heterocycles. The van der Waals surface area contributed by atoms with Crippen molar-refractivity contribution in [3.05, 3.63) is 0 Å². The fraction of sp³-hybridized carbons (Fsp3) is 0.0526. The van der Waals surface area contributed by atoms with Crippen LogP contribution in [-0.4, -0.2) is 7.85 Å². The highest BCUT2D eigenvalue weighted by molar-refractivity contribution is 6.22. The van der Waals surface area contributed by atoms with Crippen LogP contribution in [0.15, 0.2) is 0 Å². The number of hydrogen-bond acceptors (Lipinski definition) is 0. The normalized spacial score (nSPS) is 3.85. The molecule has 0 N–H and O–H groups in total. The maximum absolute atomic E-state index is 2.63. The Balaban J connectivity index is 4.33. The summed E-state index contributed by atoms with van der Waals surface area (Å²) in [5.74, 6) is 45.6. The Hall–Kier alpha value is -3.90. The van der Waals surface area contributed by atoms with Crippen LogP contribution in [0.1, 0.15) is 6.92 Å². The topological polar surface area (TPSA) is 0 Å². The molecule has 0 saturated carbocycles. The van der Waals surface area contributed by atoms with Crippen molar-refractivity contribution in [2.45, 2.75) is 6.92 Å². The van der Waals surface area contributed by atoms with Crippen LogP contribution in [-0.2, 0) is 0 Å². The minimum absolute atomic E-state index is 1.70. The maximum Gasteiger partial charge on any atom is 0.196 e. The Bertz CT molecular complexity index is 826. The zero-order valence-electron chi connectivity index (χ0n) is 11.0. The molecule has 0 aliphatic carbocycles. The van der Waals surface area contributed by atoms with Crippen molar-refractivity contribution in [3.63, 3.8) is 0 Å². The summed E-state index contributed by atoms with van der Waals surface area (Å²) in [5.41, 5.74) is 0. The molecule has 0 bridgehead atoms. The van der Waals surface area contributed by atoms with Crippen molar-refractivity contribution in [3.8, 4) is 106 Å². The van der Waals surface area contributed by atoms with Gasteiger partial charge in [0, 0.05) is 0 Å². The monoisotopic (exact) mass is 244 g/mol. The molecule has 0 rings (SSSR count). The van der Waals surface area contributed by atoms with Gasteiger partial charge in [-0.05, 0) is 102 Å². The van der Waals surface area contributed by atoms with Crippen LogP contribution >= 0.6 is 0 Å². The van der Waals surface area contributed by atoms with E-state index < -0.39 is 0 Å². The number of rotatable bonds is 0. The van der Waals surface area contributed by atoms with E-state index >= 15 is 0 Å². The van der Waals surface area contributed by atoms with E-state index in [0.717, 1.165) is 0 Å². The second-order valence-electron chi connectivity index (χ2n) is 2.50. The van der Waals surface area contributed by atoms with E-state index in [1.54, 1.807) is 14.8 Å². The zero-order valence-corrected chi connectivity index (χ0v) is 11.0. The van der Waals surface area contributed by atoms with Gasteiger partial charge in [-0.2, -0.15) is 5.82 Å². The van der Waals surface area contributed by atoms with Gasteiger partial charge >= 0.3 is 0 Å². The average Bonchev–Trinajstić information content (AvgIpc) is 2.47. The van der Waals surface area contributed by atoms with E-state index in [2.05, 4.69) is 106 Å². The van der Waals surface area contributed by atoms with Crippen LogP contribution < -0.4 is 0 Å². The Morgan fingerprint density at radius 3 is 0.900 bits per heavy atom. The van der Waals surface area contributed by atoms with Crippen molar-refractivity contribution >= 4 is 7.85 Å². The van der Waals surface area contributed by atoms with Crippen molar-refractivity contribution in [2.75, 3.05) is 0 Å². The smallest absolute Gasteiger partial charge is 0.151 e. The molecule has 0 nitrogen and oxygen atoms in total. The minimum atomic E-state index is 1.70. The van der Waals surface area contributed by atoms with Crippen molar-refractivity contribution in [1.82, 2.24) is 0 Å². The molecule has 0 aliphatic rings. The average molecular weight is 244 g/mol. The molecular weight excluding hydrogens is 239 g/mol. The lowest BCUT2D eigenvalue weighted by molar-refractivity contribution is 1.92. The molecule has 0 aromatic carbocycles. The first-order chi connectivity index (χ1) is 9.91. The van der Waals surface area contributed by atoms with E-state index in [9.17, 15) is 0 Å². The summed E-state index contributed by atoms with van der Waals surface area (Å²) in [5, 5.41) is 0. The summed E-state index contributed by atoms with van der Waals surface area (Å²) < 4.78 is 0. The Morgan fingerprint density at radius 2 is 0.650 bits per heavy atom. The van der Waals surface area contributed by atoms with Gasteiger partial charge in [-0.15, -0.1) is 0 Å². The first-order valence-corrected chi connectivity index (χ1v) is 5.25. The molecule has 0 aromatic heterocycles. The van der Waals surface area contributed by atoms with Gasteiger partial charge in [0.15, 0.2) is 7.85 Å². The van der Waals surface area contributed by atoms with Crippen molar-refractivity contribution in [2.24, 2.45) is 0 Å². The lowest BCUT2D eigenvalue weighted by atomic mass is 10.2. The third kappa shape index (κ3) is 14.1. The largest absolute Gasteiger partial charge is 0.196 e. The minimum Gasteiger partial charge on any atom is -0.151 e. The van der Waals surface area contributed by atoms with E-state index in [-0.39, 0.29) is 0 Å². The fourth-order valence-electron chi connectivity index (χ4n) is 0.562. The molecular formula is C19H5B. The lowest BCUT2D eigenvalue weighted by Gasteiger charge is -1.56. The summed E-state index contributed by atoms with van der Waals surface area (Å²) in [4.78, 5) is 0. The Labute approximate surface area is 121 Å². The Morgan fingerprint density at radius 1 is 0.400 bits per heavy atom. The molecule has 0 fully saturated rings. The van der Waals surface area contributed by atoms with Gasteiger partial charge in [0.05, 0.1) is 0 Å². The van der Waals surface area contributed by atoms with Crippen LogP contribution in [0.3, 0.4) is 0 Å². The fourth-order valence-corrected chi connectivity index (χ4v) is 0.562. The molecule has 0 aliphatic heterocycles. The third-order valence-corrected chi connectivity index (χ3v) is 1.19. The van der Waals surface area contributed by atoms with E-state index in [1.807, 2.05) is 0 Å². The van der Waals surface area contributed by atoms with E-state index in [0.29, 0.717) is 0 Å². The molecule has 1 heteroatoms. The van der Waals surface area contributed by atoms with Gasteiger partial charge in [-0.25, -0.2) is 0 Å². The summed E-state index contributed by atoms with van der Waals surface area (Å²) >= 11 is 0. The number of hydrogen-bond donors (Lipinski definition) is 0. The molecule has 0 spiro atoms. The first kappa shape index (κ1) is 16.1. The molecule has 0 radical (unpaired) electrons. The Kier molecular flexibility index (Phi) is 12.2. The predicted molar refractivity (Wildman–Crippen MR) is 84.2 cm³/mol. The maximum atomic E-state index is 2.63. The van der Waals surface area contributed by atoms with Crippen molar-refractivity contribution < 1.29 is 0 Å². The quantitative estimate of drug-likeness (QED) is 0.403. The highest BCUT2D eigenvalue weighted by Gasteiger charge is 1.57. The lowest BCUT2D eigenvalue weighted by Crippen LogP contribution is -1.56. The van der Waals surface area contributed by atoms with Gasteiger partial charge in [0.2, 0.25) is 0 Å². The molecule has 84 valence electrons. The summed E-state index contributed by atoms with van der Waals surface area (Å²) in [6.45, 7) is 1.70. The van der Waals surface area contributed by atoms with Gasteiger partial charge in [0.25, 0.3) is 0 Å². The van der Waals surface area contributed by atoms with Gasteiger partial charge in [-0.1, -0.05) is 5.92 Å². The standard InChI is InChI=1S/C19H5B/c1-2-3-4-5-6-7-8-9-10-11-12-13-14-15-16-17-18-19-20/h20H2,1H3. The van der Waals surface area contributed by atoms with Gasteiger partial charge in [-0.3, -0.25) is 0 Å². The van der Waals surface area contributed by atoms with Crippen LogP contribution in [0, 0.1) is 106 Å². The van der Waals surface area contributed by atoms with E-state index in [1.165, 1.54) is 0 Å². The summed E-state index contributed by atoms with van der Waals surface area (Å²) in [6.07, 6.45) is 0. The molecule has 0 aromatic rings. The highest BCUT2D eigenvalue weighted by Crippen LogP contribution is 1.58. The van der Waals surface area contributed by atoms with Crippen LogP contribution in [0.5, 0.6) is 0 Å². The highest BCUT2D eigenvalue weighted by atomic mass is 13.6. The summed E-state index contributed by atoms with van der Waals surface area (Å²) in [6, 6.07) is 0. The van der Waals surface area contributed by atoms with Crippen molar-refractivity contribution in [1.29, 1.82) is 0 Å². The molecule has 0 amide bonds. The summed E-state index contributed by atoms with van der Waals surface area (Å²) in [7, 11) is 1.70.